The number of benzene rings is 1. The van der Waals surface area contributed by atoms with Gasteiger partial charge in [0.1, 0.15) is 0 Å². The van der Waals surface area contributed by atoms with Gasteiger partial charge in [0.25, 0.3) is 0 Å². The van der Waals surface area contributed by atoms with Gasteiger partial charge in [-0.25, -0.2) is 0 Å². The molecule has 100 valence electrons. The Morgan fingerprint density at radius 1 is 1.22 bits per heavy atom. The molecule has 1 aromatic carbocycles. The molecule has 0 radical (unpaired) electrons. The Hall–Kier alpha value is -0.670. The minimum Gasteiger partial charge on any atom is -0.310 e. The smallest absolute Gasteiger partial charge is 0.0249 e. The second-order valence-corrected chi connectivity index (χ2v) is 7.10. The van der Waals surface area contributed by atoms with Crippen molar-refractivity contribution >= 4 is 10.8 Å². The Morgan fingerprint density at radius 3 is 2.39 bits per heavy atom. The average Bonchev–Trinajstić information content (AvgIpc) is 2.38. The maximum atomic E-state index is 11.3. The van der Waals surface area contributed by atoms with Crippen molar-refractivity contribution in [2.24, 2.45) is 0 Å². The molecule has 0 saturated carbocycles. The van der Waals surface area contributed by atoms with E-state index in [2.05, 4.69) is 43.4 Å². The molecule has 0 atom stereocenters. The molecular weight excluding hydrogens is 242 g/mol. The zero-order valence-corrected chi connectivity index (χ0v) is 12.1. The zero-order valence-electron chi connectivity index (χ0n) is 11.3. The molecule has 1 heterocycles. The summed E-state index contributed by atoms with van der Waals surface area (Å²) in [5.41, 5.74) is 2.73. The molecule has 1 saturated heterocycles. The van der Waals surface area contributed by atoms with Crippen LogP contribution in [0.4, 0.5) is 0 Å². The summed E-state index contributed by atoms with van der Waals surface area (Å²) >= 11 is 0. The van der Waals surface area contributed by atoms with Gasteiger partial charge in [-0.2, -0.15) is 0 Å². The Kier molecular flexibility index (Phi) is 4.95. The Labute approximate surface area is 113 Å². The summed E-state index contributed by atoms with van der Waals surface area (Å²) < 4.78 is 11.3. The van der Waals surface area contributed by atoms with Crippen molar-refractivity contribution in [3.05, 3.63) is 35.4 Å². The van der Waals surface area contributed by atoms with E-state index in [4.69, 9.17) is 0 Å². The second-order valence-electron chi connectivity index (χ2n) is 5.40. The molecule has 18 heavy (non-hydrogen) atoms. The summed E-state index contributed by atoms with van der Waals surface area (Å²) in [4.78, 5) is 0. The fourth-order valence-electron chi connectivity index (χ4n) is 2.28. The van der Waals surface area contributed by atoms with Crippen LogP contribution in [0, 0.1) is 0 Å². The SMILES string of the molecule is CC(C)c1ccc(CNC2CCS(=O)CC2)cc1. The minimum absolute atomic E-state index is 0.549. The molecule has 3 heteroatoms. The van der Waals surface area contributed by atoms with E-state index in [-0.39, 0.29) is 0 Å². The maximum absolute atomic E-state index is 11.3. The van der Waals surface area contributed by atoms with Crippen molar-refractivity contribution in [1.82, 2.24) is 5.32 Å². The largest absolute Gasteiger partial charge is 0.310 e. The van der Waals surface area contributed by atoms with Crippen molar-refractivity contribution in [3.63, 3.8) is 0 Å². The molecule has 1 aliphatic heterocycles. The van der Waals surface area contributed by atoms with Crippen LogP contribution in [-0.2, 0) is 17.3 Å². The van der Waals surface area contributed by atoms with E-state index >= 15 is 0 Å². The minimum atomic E-state index is -0.557. The highest BCUT2D eigenvalue weighted by Crippen LogP contribution is 2.15. The summed E-state index contributed by atoms with van der Waals surface area (Å²) in [6.45, 7) is 5.36. The van der Waals surface area contributed by atoms with Crippen LogP contribution in [0.25, 0.3) is 0 Å². The van der Waals surface area contributed by atoms with Gasteiger partial charge in [-0.15, -0.1) is 0 Å². The Balaban J connectivity index is 1.81. The van der Waals surface area contributed by atoms with Gasteiger partial charge in [0.2, 0.25) is 0 Å². The lowest BCUT2D eigenvalue weighted by atomic mass is 10.0. The Bertz CT molecular complexity index is 389. The van der Waals surface area contributed by atoms with E-state index in [9.17, 15) is 4.21 Å². The van der Waals surface area contributed by atoms with Crippen LogP contribution >= 0.6 is 0 Å². The quantitative estimate of drug-likeness (QED) is 0.907. The highest BCUT2D eigenvalue weighted by Gasteiger charge is 2.16. The zero-order chi connectivity index (χ0) is 13.0. The van der Waals surface area contributed by atoms with Crippen molar-refractivity contribution in [3.8, 4) is 0 Å². The third-order valence-electron chi connectivity index (χ3n) is 3.63. The summed E-state index contributed by atoms with van der Waals surface area (Å²) in [6, 6.07) is 9.41. The van der Waals surface area contributed by atoms with Gasteiger partial charge in [-0.3, -0.25) is 4.21 Å². The molecule has 0 spiro atoms. The lowest BCUT2D eigenvalue weighted by molar-refractivity contribution is 0.475. The monoisotopic (exact) mass is 265 g/mol. The molecule has 2 nitrogen and oxygen atoms in total. The van der Waals surface area contributed by atoms with Gasteiger partial charge in [0, 0.05) is 34.9 Å². The molecule has 1 fully saturated rings. The van der Waals surface area contributed by atoms with Crippen LogP contribution in [0.1, 0.15) is 43.7 Å². The Morgan fingerprint density at radius 2 is 1.83 bits per heavy atom. The predicted molar refractivity (Wildman–Crippen MR) is 78.3 cm³/mol. The molecule has 0 aromatic heterocycles. The van der Waals surface area contributed by atoms with E-state index in [0.29, 0.717) is 12.0 Å². The van der Waals surface area contributed by atoms with E-state index < -0.39 is 10.8 Å². The van der Waals surface area contributed by atoms with E-state index in [1.54, 1.807) is 0 Å². The first-order chi connectivity index (χ1) is 8.65. The van der Waals surface area contributed by atoms with Crippen molar-refractivity contribution in [1.29, 1.82) is 0 Å². The van der Waals surface area contributed by atoms with Gasteiger partial charge >= 0.3 is 0 Å². The molecule has 0 unspecified atom stereocenters. The standard InChI is InChI=1S/C15H23NOS/c1-12(2)14-5-3-13(4-6-14)11-16-15-7-9-18(17)10-8-15/h3-6,12,15-16H,7-11H2,1-2H3. The van der Waals surface area contributed by atoms with E-state index in [1.807, 2.05) is 0 Å². The summed E-state index contributed by atoms with van der Waals surface area (Å²) in [6.07, 6.45) is 2.10. The third-order valence-corrected chi connectivity index (χ3v) is 5.01. The first-order valence-corrected chi connectivity index (χ1v) is 8.31. The van der Waals surface area contributed by atoms with Crippen molar-refractivity contribution in [2.45, 2.75) is 45.2 Å². The number of nitrogens with one attached hydrogen (secondary N) is 1. The lowest BCUT2D eigenvalue weighted by Gasteiger charge is -2.22. The van der Waals surface area contributed by atoms with Gasteiger partial charge < -0.3 is 5.32 Å². The highest BCUT2D eigenvalue weighted by atomic mass is 32.2. The van der Waals surface area contributed by atoms with E-state index in [1.165, 1.54) is 11.1 Å². The van der Waals surface area contributed by atoms with Crippen LogP contribution in [0.15, 0.2) is 24.3 Å². The topological polar surface area (TPSA) is 29.1 Å². The molecule has 0 aliphatic carbocycles. The van der Waals surface area contributed by atoms with Gasteiger partial charge in [0.15, 0.2) is 0 Å². The van der Waals surface area contributed by atoms with Crippen molar-refractivity contribution in [2.75, 3.05) is 11.5 Å². The predicted octanol–water partition coefficient (Wildman–Crippen LogP) is 2.81. The first kappa shape index (κ1) is 13.8. The first-order valence-electron chi connectivity index (χ1n) is 6.82. The molecule has 0 bridgehead atoms. The van der Waals surface area contributed by atoms with Crippen LogP contribution in [0.5, 0.6) is 0 Å². The van der Waals surface area contributed by atoms with Gasteiger partial charge in [0.05, 0.1) is 0 Å². The highest BCUT2D eigenvalue weighted by molar-refractivity contribution is 7.85. The normalized spacial score (nSPS) is 24.4. The molecule has 1 aromatic rings. The molecule has 2 rings (SSSR count). The molecular formula is C15H23NOS. The third kappa shape index (κ3) is 3.92. The molecule has 0 amide bonds. The summed E-state index contributed by atoms with van der Waals surface area (Å²) in [5, 5.41) is 3.57. The average molecular weight is 265 g/mol. The summed E-state index contributed by atoms with van der Waals surface area (Å²) in [7, 11) is -0.557. The molecule has 1 N–H and O–H groups in total. The number of hydrogen-bond donors (Lipinski definition) is 1. The van der Waals surface area contributed by atoms with Crippen LogP contribution < -0.4 is 5.32 Å². The van der Waals surface area contributed by atoms with Crippen molar-refractivity contribution < 1.29 is 4.21 Å². The number of rotatable bonds is 4. The van der Waals surface area contributed by atoms with Gasteiger partial charge in [-0.05, 0) is 29.9 Å². The molecule has 1 aliphatic rings. The second kappa shape index (κ2) is 6.48. The lowest BCUT2D eigenvalue weighted by Crippen LogP contribution is -2.35. The van der Waals surface area contributed by atoms with E-state index in [0.717, 1.165) is 30.9 Å². The summed E-state index contributed by atoms with van der Waals surface area (Å²) in [5.74, 6) is 2.33. The van der Waals surface area contributed by atoms with Crippen LogP contribution in [-0.4, -0.2) is 21.8 Å². The fraction of sp³-hybridized carbons (Fsp3) is 0.600. The van der Waals surface area contributed by atoms with Gasteiger partial charge in [-0.1, -0.05) is 38.1 Å². The fourth-order valence-corrected chi connectivity index (χ4v) is 3.58. The maximum Gasteiger partial charge on any atom is 0.0249 e. The van der Waals surface area contributed by atoms with Crippen LogP contribution in [0.3, 0.4) is 0 Å². The van der Waals surface area contributed by atoms with Crippen LogP contribution in [0.2, 0.25) is 0 Å². The number of hydrogen-bond acceptors (Lipinski definition) is 2.